The fourth-order valence-corrected chi connectivity index (χ4v) is 6.87. The van der Waals surface area contributed by atoms with Crippen molar-refractivity contribution >= 4 is 40.1 Å². The zero-order valence-electron chi connectivity index (χ0n) is 24.2. The van der Waals surface area contributed by atoms with E-state index in [0.29, 0.717) is 37.8 Å². The summed E-state index contributed by atoms with van der Waals surface area (Å²) in [5, 5.41) is 2.99. The van der Waals surface area contributed by atoms with Crippen molar-refractivity contribution in [2.24, 2.45) is 4.99 Å². The summed E-state index contributed by atoms with van der Waals surface area (Å²) in [5.74, 6) is -0.197. The second kappa shape index (κ2) is 10.7. The number of carbonyl (C=O) groups excluding carboxylic acids is 2. The van der Waals surface area contributed by atoms with E-state index < -0.39 is 6.04 Å². The minimum Gasteiger partial charge on any atom is -0.322 e. The Balaban J connectivity index is 1.58. The predicted molar refractivity (Wildman–Crippen MR) is 167 cm³/mol. The van der Waals surface area contributed by atoms with Gasteiger partial charge in [0, 0.05) is 17.3 Å². The highest BCUT2D eigenvalue weighted by atomic mass is 32.1. The summed E-state index contributed by atoms with van der Waals surface area (Å²) >= 11 is 1.20. The fourth-order valence-electron chi connectivity index (χ4n) is 5.73. The molecule has 0 fully saturated rings. The van der Waals surface area contributed by atoms with Gasteiger partial charge in [0.15, 0.2) is 4.80 Å². The largest absolute Gasteiger partial charge is 0.322 e. The monoisotopic (exact) mass is 576 g/mol. The van der Waals surface area contributed by atoms with Gasteiger partial charge in [0.2, 0.25) is 0 Å². The molecule has 0 bridgehead atoms. The van der Waals surface area contributed by atoms with Crippen molar-refractivity contribution in [3.05, 3.63) is 127 Å². The Kier molecular flexibility index (Phi) is 7.02. The molecule has 7 nitrogen and oxygen atoms in total. The fraction of sp³-hybridized carbons (Fsp3) is 0.235. The second-order valence-electron chi connectivity index (χ2n) is 11.2. The van der Waals surface area contributed by atoms with Gasteiger partial charge in [-0.15, -0.1) is 0 Å². The summed E-state index contributed by atoms with van der Waals surface area (Å²) in [4.78, 5) is 49.0. The van der Waals surface area contributed by atoms with E-state index in [9.17, 15) is 14.4 Å². The van der Waals surface area contributed by atoms with E-state index in [4.69, 9.17) is 4.99 Å². The van der Waals surface area contributed by atoms with Crippen molar-refractivity contribution in [1.82, 2.24) is 4.57 Å². The molecule has 2 aliphatic heterocycles. The first-order valence-corrected chi connectivity index (χ1v) is 14.9. The number of aromatic nitrogens is 1. The highest BCUT2D eigenvalue weighted by Crippen LogP contribution is 2.37. The number of para-hydroxylation sites is 2. The molecule has 0 unspecified atom stereocenters. The number of allylic oxidation sites excluding steroid dienone is 1. The summed E-state index contributed by atoms with van der Waals surface area (Å²) in [6.07, 6.45) is 0. The van der Waals surface area contributed by atoms with Crippen LogP contribution < -0.4 is 25.1 Å². The number of anilines is 2. The van der Waals surface area contributed by atoms with Crippen molar-refractivity contribution in [3.63, 3.8) is 0 Å². The van der Waals surface area contributed by atoms with Gasteiger partial charge in [0.05, 0.1) is 28.6 Å². The van der Waals surface area contributed by atoms with Gasteiger partial charge in [-0.05, 0) is 56.0 Å². The van der Waals surface area contributed by atoms with Crippen LogP contribution in [0.1, 0.15) is 63.3 Å². The van der Waals surface area contributed by atoms with E-state index in [-0.39, 0.29) is 23.4 Å². The van der Waals surface area contributed by atoms with Crippen LogP contribution in [0.4, 0.5) is 11.4 Å². The quantitative estimate of drug-likeness (QED) is 0.358. The Bertz CT molecular complexity index is 1930. The zero-order chi connectivity index (χ0) is 29.7. The molecule has 0 saturated carbocycles. The summed E-state index contributed by atoms with van der Waals surface area (Å²) < 4.78 is 1.91. The normalized spacial score (nSPS) is 17.5. The molecule has 42 heavy (non-hydrogen) atoms. The lowest BCUT2D eigenvalue weighted by molar-refractivity contribution is -0.114. The van der Waals surface area contributed by atoms with Gasteiger partial charge in [-0.2, -0.15) is 0 Å². The van der Waals surface area contributed by atoms with E-state index in [1.54, 1.807) is 16.4 Å². The van der Waals surface area contributed by atoms with Crippen molar-refractivity contribution in [2.75, 3.05) is 10.2 Å². The molecule has 212 valence electrons. The third kappa shape index (κ3) is 4.52. The Morgan fingerprint density at radius 1 is 0.905 bits per heavy atom. The molecule has 8 heteroatoms. The lowest BCUT2D eigenvalue weighted by Crippen LogP contribution is -2.41. The SMILES string of the molecule is CC1=C(C(=O)Nc2ccccc2)[C@H](c2ccc(C(C)C)cc2)n2c(s/c(=C3/C(=O)N(C(C)C)c4ccccc43)c2=O)=N1. The van der Waals surface area contributed by atoms with E-state index in [1.165, 1.54) is 11.3 Å². The molecule has 6 rings (SSSR count). The molecule has 0 radical (unpaired) electrons. The van der Waals surface area contributed by atoms with Crippen LogP contribution in [0, 0.1) is 0 Å². The highest BCUT2D eigenvalue weighted by molar-refractivity contribution is 7.07. The number of amides is 2. The summed E-state index contributed by atoms with van der Waals surface area (Å²) in [7, 11) is 0. The van der Waals surface area contributed by atoms with Crippen LogP contribution in [0.3, 0.4) is 0 Å². The topological polar surface area (TPSA) is 83.8 Å². The molecular weight excluding hydrogens is 544 g/mol. The highest BCUT2D eigenvalue weighted by Gasteiger charge is 2.37. The van der Waals surface area contributed by atoms with Crippen LogP contribution in [0.5, 0.6) is 0 Å². The molecule has 4 aromatic rings. The summed E-state index contributed by atoms with van der Waals surface area (Å²) in [5.41, 5.74) is 5.10. The van der Waals surface area contributed by atoms with Crippen LogP contribution in [-0.2, 0) is 9.59 Å². The van der Waals surface area contributed by atoms with Gasteiger partial charge >= 0.3 is 0 Å². The minimum atomic E-state index is -0.714. The average molecular weight is 577 g/mol. The molecule has 3 aromatic carbocycles. The maximum Gasteiger partial charge on any atom is 0.271 e. The van der Waals surface area contributed by atoms with Gasteiger partial charge < -0.3 is 10.2 Å². The number of fused-ring (bicyclic) bond motifs is 2. The maximum absolute atomic E-state index is 14.4. The van der Waals surface area contributed by atoms with Crippen molar-refractivity contribution < 1.29 is 9.59 Å². The number of carbonyl (C=O) groups is 2. The van der Waals surface area contributed by atoms with Gasteiger partial charge in [-0.1, -0.05) is 85.8 Å². The minimum absolute atomic E-state index is 0.0809. The summed E-state index contributed by atoms with van der Waals surface area (Å²) in [6.45, 7) is 9.97. The number of hydrogen-bond donors (Lipinski definition) is 1. The molecule has 2 aliphatic rings. The lowest BCUT2D eigenvalue weighted by atomic mass is 9.93. The number of nitrogens with one attached hydrogen (secondary N) is 1. The Labute approximate surface area is 248 Å². The Morgan fingerprint density at radius 3 is 2.24 bits per heavy atom. The lowest BCUT2D eigenvalue weighted by Gasteiger charge is -2.25. The zero-order valence-corrected chi connectivity index (χ0v) is 25.0. The molecule has 0 saturated heterocycles. The molecule has 0 spiro atoms. The Hall–Kier alpha value is -4.56. The van der Waals surface area contributed by atoms with Crippen molar-refractivity contribution in [2.45, 2.75) is 52.6 Å². The van der Waals surface area contributed by atoms with Crippen molar-refractivity contribution in [3.8, 4) is 0 Å². The maximum atomic E-state index is 14.4. The van der Waals surface area contributed by atoms with E-state index in [1.807, 2.05) is 92.7 Å². The van der Waals surface area contributed by atoms with Crippen LogP contribution >= 0.6 is 11.3 Å². The van der Waals surface area contributed by atoms with Gasteiger partial charge in [0.1, 0.15) is 4.53 Å². The summed E-state index contributed by atoms with van der Waals surface area (Å²) in [6, 6.07) is 24.0. The molecule has 3 heterocycles. The molecule has 1 aromatic heterocycles. The van der Waals surface area contributed by atoms with Gasteiger partial charge in [-0.25, -0.2) is 4.99 Å². The van der Waals surface area contributed by atoms with Crippen LogP contribution in [0.2, 0.25) is 0 Å². The number of hydrogen-bond acceptors (Lipinski definition) is 5. The molecule has 1 atom stereocenters. The number of rotatable bonds is 5. The van der Waals surface area contributed by atoms with E-state index in [0.717, 1.165) is 22.4 Å². The first-order chi connectivity index (χ1) is 20.2. The molecule has 1 N–H and O–H groups in total. The number of nitrogens with zero attached hydrogens (tertiary/aromatic N) is 3. The van der Waals surface area contributed by atoms with Crippen molar-refractivity contribution in [1.29, 1.82) is 0 Å². The van der Waals surface area contributed by atoms with E-state index in [2.05, 4.69) is 19.2 Å². The van der Waals surface area contributed by atoms with Crippen LogP contribution in [-0.4, -0.2) is 22.4 Å². The van der Waals surface area contributed by atoms with Crippen LogP contribution in [0.15, 0.2) is 99.9 Å². The third-order valence-electron chi connectivity index (χ3n) is 7.80. The first kappa shape index (κ1) is 27.6. The Morgan fingerprint density at radius 2 is 1.57 bits per heavy atom. The molecule has 2 amide bonds. The average Bonchev–Trinajstić information content (AvgIpc) is 3.44. The number of thiazole rings is 1. The second-order valence-corrected chi connectivity index (χ2v) is 12.2. The van der Waals surface area contributed by atoms with Gasteiger partial charge in [0.25, 0.3) is 17.4 Å². The number of benzene rings is 3. The molecule has 0 aliphatic carbocycles. The third-order valence-corrected chi connectivity index (χ3v) is 8.85. The van der Waals surface area contributed by atoms with Crippen LogP contribution in [0.25, 0.3) is 5.57 Å². The molecular formula is C34H32N4O3S. The van der Waals surface area contributed by atoms with E-state index >= 15 is 0 Å². The smallest absolute Gasteiger partial charge is 0.271 e. The predicted octanol–water partition coefficient (Wildman–Crippen LogP) is 5.12. The standard InChI is InChI=1S/C34H32N4O3S/c1-19(2)22-15-17-23(18-16-22)29-27(31(39)36-24-11-7-6-8-12-24)21(5)35-34-38(29)33(41)30(42-34)28-25-13-9-10-14-26(25)37(20(3)4)32(28)40/h6-20,29H,1-5H3,(H,36,39)/b30-28+/t29-/m0/s1. The van der Waals surface area contributed by atoms with Gasteiger partial charge in [-0.3, -0.25) is 19.0 Å². The first-order valence-electron chi connectivity index (χ1n) is 14.1.